The Morgan fingerprint density at radius 1 is 1.04 bits per heavy atom. The Kier molecular flexibility index (Phi) is 3.15. The van der Waals surface area contributed by atoms with E-state index in [1.807, 2.05) is 53.7 Å². The number of aromatic nitrogens is 6. The van der Waals surface area contributed by atoms with Crippen LogP contribution >= 0.6 is 0 Å². The lowest BCUT2D eigenvalue weighted by molar-refractivity contribution is 0.703. The van der Waals surface area contributed by atoms with E-state index in [4.69, 9.17) is 0 Å². The van der Waals surface area contributed by atoms with Gasteiger partial charge in [-0.2, -0.15) is 10.2 Å². The molecule has 0 fully saturated rings. The molecule has 6 heteroatoms. The highest BCUT2D eigenvalue weighted by Gasteiger charge is 2.13. The zero-order valence-corrected chi connectivity index (χ0v) is 13.0. The first-order valence-corrected chi connectivity index (χ1v) is 7.46. The average Bonchev–Trinajstić information content (AvgIpc) is 3.11. The zero-order valence-electron chi connectivity index (χ0n) is 13.0. The number of benzene rings is 1. The second kappa shape index (κ2) is 5.31. The molecule has 0 aliphatic rings. The number of nitrogens with zero attached hydrogens (tertiary/aromatic N) is 6. The monoisotopic (exact) mass is 304 g/mol. The summed E-state index contributed by atoms with van der Waals surface area (Å²) < 4.78 is 3.73. The Hall–Kier alpha value is -3.02. The summed E-state index contributed by atoms with van der Waals surface area (Å²) in [6, 6.07) is 12.2. The van der Waals surface area contributed by atoms with E-state index in [0.717, 1.165) is 28.2 Å². The molecule has 0 spiro atoms. The van der Waals surface area contributed by atoms with Gasteiger partial charge in [-0.15, -0.1) is 0 Å². The highest BCUT2D eigenvalue weighted by molar-refractivity contribution is 5.82. The molecule has 114 valence electrons. The molecule has 0 bridgehead atoms. The van der Waals surface area contributed by atoms with Crippen molar-refractivity contribution in [1.29, 1.82) is 0 Å². The summed E-state index contributed by atoms with van der Waals surface area (Å²) in [5.74, 6) is 0.764. The van der Waals surface area contributed by atoms with E-state index < -0.39 is 0 Å². The van der Waals surface area contributed by atoms with E-state index in [-0.39, 0.29) is 0 Å². The fourth-order valence-corrected chi connectivity index (χ4v) is 2.76. The molecule has 0 unspecified atom stereocenters. The molecular formula is C17H16N6. The number of aryl methyl sites for hydroxylation is 2. The standard InChI is InChI=1S/C17H16N6/c1-12-8-13(2)23(21-12)17-15-9-20-22(16(15)18-11-19-17)10-14-6-4-3-5-7-14/h3-9,11H,10H2,1-2H3. The molecule has 23 heavy (non-hydrogen) atoms. The number of hydrogen-bond acceptors (Lipinski definition) is 4. The van der Waals surface area contributed by atoms with E-state index in [2.05, 4.69) is 32.3 Å². The van der Waals surface area contributed by atoms with Gasteiger partial charge >= 0.3 is 0 Å². The van der Waals surface area contributed by atoms with E-state index in [0.29, 0.717) is 6.54 Å². The van der Waals surface area contributed by atoms with Crippen molar-refractivity contribution in [3.8, 4) is 5.82 Å². The lowest BCUT2D eigenvalue weighted by Gasteiger charge is -2.06. The smallest absolute Gasteiger partial charge is 0.168 e. The van der Waals surface area contributed by atoms with Gasteiger partial charge in [0.1, 0.15) is 6.33 Å². The SMILES string of the molecule is Cc1cc(C)n(-c2ncnc3c2cnn3Cc2ccccc2)n1. The summed E-state index contributed by atoms with van der Waals surface area (Å²) in [6.07, 6.45) is 3.38. The summed E-state index contributed by atoms with van der Waals surface area (Å²) >= 11 is 0. The summed E-state index contributed by atoms with van der Waals surface area (Å²) in [5.41, 5.74) is 4.00. The van der Waals surface area contributed by atoms with Crippen molar-refractivity contribution in [1.82, 2.24) is 29.5 Å². The molecule has 4 rings (SSSR count). The second-order valence-electron chi connectivity index (χ2n) is 5.56. The normalized spacial score (nSPS) is 11.2. The van der Waals surface area contributed by atoms with Crippen molar-refractivity contribution in [3.63, 3.8) is 0 Å². The summed E-state index contributed by atoms with van der Waals surface area (Å²) in [4.78, 5) is 8.82. The van der Waals surface area contributed by atoms with Crippen LogP contribution in [0.15, 0.2) is 48.9 Å². The predicted octanol–water partition coefficient (Wildman–Crippen LogP) is 2.68. The molecule has 0 amide bonds. The zero-order chi connectivity index (χ0) is 15.8. The minimum Gasteiger partial charge on any atom is -0.243 e. The van der Waals surface area contributed by atoms with Gasteiger partial charge in [-0.1, -0.05) is 30.3 Å². The fraction of sp³-hybridized carbons (Fsp3) is 0.176. The molecule has 0 aliphatic heterocycles. The van der Waals surface area contributed by atoms with Crippen LogP contribution in [-0.2, 0) is 6.54 Å². The Morgan fingerprint density at radius 2 is 1.87 bits per heavy atom. The van der Waals surface area contributed by atoms with Gasteiger partial charge in [-0.3, -0.25) is 0 Å². The first-order chi connectivity index (χ1) is 11.2. The van der Waals surface area contributed by atoms with Gasteiger partial charge in [0.15, 0.2) is 11.5 Å². The molecule has 0 atom stereocenters. The van der Waals surface area contributed by atoms with Crippen LogP contribution in [0, 0.1) is 13.8 Å². The molecule has 0 radical (unpaired) electrons. The maximum absolute atomic E-state index is 4.51. The van der Waals surface area contributed by atoms with Gasteiger partial charge in [-0.05, 0) is 25.5 Å². The minimum atomic E-state index is 0.678. The van der Waals surface area contributed by atoms with E-state index in [9.17, 15) is 0 Å². The number of rotatable bonds is 3. The fourth-order valence-electron chi connectivity index (χ4n) is 2.76. The van der Waals surface area contributed by atoms with Crippen molar-refractivity contribution in [2.75, 3.05) is 0 Å². The molecule has 1 aromatic carbocycles. The first kappa shape index (κ1) is 13.6. The summed E-state index contributed by atoms with van der Waals surface area (Å²) in [7, 11) is 0. The van der Waals surface area contributed by atoms with Gasteiger partial charge in [-0.25, -0.2) is 19.3 Å². The predicted molar refractivity (Wildman–Crippen MR) is 87.5 cm³/mol. The van der Waals surface area contributed by atoms with Gasteiger partial charge < -0.3 is 0 Å². The highest BCUT2D eigenvalue weighted by Crippen LogP contribution is 2.20. The Balaban J connectivity index is 1.82. The maximum Gasteiger partial charge on any atom is 0.168 e. The maximum atomic E-state index is 4.51. The van der Waals surface area contributed by atoms with Crippen LogP contribution in [-0.4, -0.2) is 29.5 Å². The van der Waals surface area contributed by atoms with E-state index >= 15 is 0 Å². The van der Waals surface area contributed by atoms with Crippen LogP contribution < -0.4 is 0 Å². The van der Waals surface area contributed by atoms with Crippen LogP contribution in [0.3, 0.4) is 0 Å². The van der Waals surface area contributed by atoms with Gasteiger partial charge in [0, 0.05) is 5.69 Å². The molecule has 6 nitrogen and oxygen atoms in total. The molecule has 0 N–H and O–H groups in total. The van der Waals surface area contributed by atoms with Crippen LogP contribution in [0.1, 0.15) is 17.0 Å². The molecule has 0 saturated carbocycles. The first-order valence-electron chi connectivity index (χ1n) is 7.46. The minimum absolute atomic E-state index is 0.678. The molecular weight excluding hydrogens is 288 g/mol. The van der Waals surface area contributed by atoms with Crippen LogP contribution in [0.2, 0.25) is 0 Å². The van der Waals surface area contributed by atoms with Crippen molar-refractivity contribution >= 4 is 11.0 Å². The van der Waals surface area contributed by atoms with Gasteiger partial charge in [0.05, 0.1) is 23.8 Å². The lowest BCUT2D eigenvalue weighted by atomic mass is 10.2. The average molecular weight is 304 g/mol. The largest absolute Gasteiger partial charge is 0.243 e. The third-order valence-electron chi connectivity index (χ3n) is 3.80. The van der Waals surface area contributed by atoms with Gasteiger partial charge in [0.25, 0.3) is 0 Å². The van der Waals surface area contributed by atoms with Gasteiger partial charge in [0.2, 0.25) is 0 Å². The Morgan fingerprint density at radius 3 is 2.61 bits per heavy atom. The number of hydrogen-bond donors (Lipinski definition) is 0. The van der Waals surface area contributed by atoms with E-state index in [1.54, 1.807) is 6.33 Å². The van der Waals surface area contributed by atoms with Crippen molar-refractivity contribution < 1.29 is 0 Å². The van der Waals surface area contributed by atoms with E-state index in [1.165, 1.54) is 5.56 Å². The van der Waals surface area contributed by atoms with Crippen molar-refractivity contribution in [2.24, 2.45) is 0 Å². The van der Waals surface area contributed by atoms with Crippen LogP contribution in [0.25, 0.3) is 16.9 Å². The van der Waals surface area contributed by atoms with Crippen LogP contribution in [0.4, 0.5) is 0 Å². The third-order valence-corrected chi connectivity index (χ3v) is 3.80. The summed E-state index contributed by atoms with van der Waals surface area (Å²) in [5, 5.41) is 9.90. The second-order valence-corrected chi connectivity index (χ2v) is 5.56. The third kappa shape index (κ3) is 2.38. The summed E-state index contributed by atoms with van der Waals surface area (Å²) in [6.45, 7) is 4.67. The highest BCUT2D eigenvalue weighted by atomic mass is 15.3. The number of fused-ring (bicyclic) bond motifs is 1. The van der Waals surface area contributed by atoms with Crippen molar-refractivity contribution in [3.05, 3.63) is 65.9 Å². The Bertz CT molecular complexity index is 967. The van der Waals surface area contributed by atoms with Crippen molar-refractivity contribution in [2.45, 2.75) is 20.4 Å². The molecule has 3 aromatic heterocycles. The topological polar surface area (TPSA) is 61.4 Å². The molecule has 0 aliphatic carbocycles. The molecule has 3 heterocycles. The quantitative estimate of drug-likeness (QED) is 0.584. The van der Waals surface area contributed by atoms with Crippen LogP contribution in [0.5, 0.6) is 0 Å². The Labute approximate surface area is 133 Å². The molecule has 0 saturated heterocycles. The molecule has 4 aromatic rings. The lowest BCUT2D eigenvalue weighted by Crippen LogP contribution is -2.05.